The summed E-state index contributed by atoms with van der Waals surface area (Å²) in [4.78, 5) is 3.96. The molecule has 76 valence electrons. The molecule has 2 heterocycles. The molecule has 0 unspecified atom stereocenters. The lowest BCUT2D eigenvalue weighted by molar-refractivity contribution is 0.122. The second-order valence-electron chi connectivity index (χ2n) is 2.43. The molecular formula is C9H12ClN3O. The number of halogens is 1. The average molecular weight is 222 g/mol. The lowest BCUT2D eigenvalue weighted by Gasteiger charge is -2.27. The third kappa shape index (κ3) is 1.91. The fraction of sp³-hybridized carbons (Fsp3) is 0.444. The molecule has 0 atom stereocenters. The monoisotopic (exact) mass is 221 g/mol. The van der Waals surface area contributed by atoms with E-state index in [1.165, 1.54) is 0 Å². The molecule has 1 fully saturated rings. The molecule has 0 bridgehead atoms. The van der Waals surface area contributed by atoms with E-state index >= 15 is 0 Å². The highest BCUT2D eigenvalue weighted by molar-refractivity contribution is 6.32. The second-order valence-corrected chi connectivity index (χ2v) is 2.84. The molecule has 2 N–H and O–H groups in total. The number of hydrogen-bond acceptors (Lipinski definition) is 4. The Morgan fingerprint density at radius 1 is 1.57 bits per heavy atom. The van der Waals surface area contributed by atoms with Gasteiger partial charge in [0.25, 0.3) is 0 Å². The molecule has 0 saturated carbocycles. The topological polar surface area (TPSA) is 51.4 Å². The van der Waals surface area contributed by atoms with Crippen molar-refractivity contribution in [3.05, 3.63) is 17.3 Å². The van der Waals surface area contributed by atoms with E-state index in [0.717, 1.165) is 12.3 Å². The van der Waals surface area contributed by atoms with Gasteiger partial charge in [-0.15, -0.1) is 0 Å². The Balaban J connectivity index is 2.68. The van der Waals surface area contributed by atoms with Gasteiger partial charge in [0.05, 0.1) is 34.8 Å². The van der Waals surface area contributed by atoms with E-state index in [1.807, 2.05) is 0 Å². The fourth-order valence-electron chi connectivity index (χ4n) is 0.870. The predicted molar refractivity (Wildman–Crippen MR) is 56.7 cm³/mol. The molecule has 1 saturated heterocycles. The van der Waals surface area contributed by atoms with Crippen LogP contribution in [0.2, 0.25) is 5.02 Å². The Labute approximate surface area is 98.9 Å². The lowest BCUT2D eigenvalue weighted by Crippen LogP contribution is -2.36. The van der Waals surface area contributed by atoms with E-state index < -0.39 is 31.9 Å². The summed E-state index contributed by atoms with van der Waals surface area (Å²) in [6.45, 7) is -12.4. The zero-order valence-corrected chi connectivity index (χ0v) is 7.67. The van der Waals surface area contributed by atoms with Gasteiger partial charge in [-0.3, -0.25) is 0 Å². The Bertz CT molecular complexity index is 585. The van der Waals surface area contributed by atoms with E-state index in [4.69, 9.17) is 28.3 Å². The van der Waals surface area contributed by atoms with E-state index in [2.05, 4.69) is 9.72 Å². The Kier molecular flexibility index (Phi) is 1.11. The van der Waals surface area contributed by atoms with Gasteiger partial charge in [0.2, 0.25) is 0 Å². The third-order valence-electron chi connectivity index (χ3n) is 1.52. The molecule has 0 amide bonds. The van der Waals surface area contributed by atoms with Gasteiger partial charge in [0.15, 0.2) is 0 Å². The van der Waals surface area contributed by atoms with Crippen molar-refractivity contribution in [2.45, 2.75) is 0 Å². The average Bonchev–Trinajstić information content (AvgIpc) is 2.30. The summed E-state index contributed by atoms with van der Waals surface area (Å²) in [5.41, 5.74) is 5.54. The predicted octanol–water partition coefficient (Wildman–Crippen LogP) is 1.15. The minimum Gasteiger partial charge on any atom is -0.397 e. The minimum atomic E-state index is -3.14. The summed E-state index contributed by atoms with van der Waals surface area (Å²) < 4.78 is 66.1. The maximum Gasteiger partial charge on any atom is 0.130 e. The number of anilines is 2. The molecule has 1 aromatic rings. The van der Waals surface area contributed by atoms with E-state index in [-0.39, 0.29) is 15.6 Å². The van der Waals surface area contributed by atoms with Crippen molar-refractivity contribution in [1.29, 1.82) is 0 Å². The van der Waals surface area contributed by atoms with E-state index in [0.29, 0.717) is 0 Å². The van der Waals surface area contributed by atoms with Crippen molar-refractivity contribution in [2.24, 2.45) is 0 Å². The van der Waals surface area contributed by atoms with Crippen LogP contribution in [-0.2, 0) is 4.74 Å². The van der Waals surface area contributed by atoms with Gasteiger partial charge >= 0.3 is 0 Å². The standard InChI is InChI=1S/C9H12ClN3O/c10-7-6-12-9(5-8(7)11)13-1-3-14-4-2-13/h5-6H,1-4H2,(H2,11,12)/i1D2,2D2,3D2,4D2. The largest absolute Gasteiger partial charge is 0.397 e. The number of aromatic nitrogens is 1. The first-order valence-corrected chi connectivity index (χ1v) is 4.03. The molecule has 1 aromatic heterocycles. The normalized spacial score (nSPS) is 39.9. The SMILES string of the molecule is [2H]C1([2H])OC([2H])([2H])C([2H])([2H])N(c2cc(N)c(Cl)cn2)C1([2H])[2H]. The van der Waals surface area contributed by atoms with Gasteiger partial charge in [0, 0.05) is 25.3 Å². The fourth-order valence-corrected chi connectivity index (χ4v) is 0.973. The van der Waals surface area contributed by atoms with Crippen LogP contribution in [-0.4, -0.2) is 31.1 Å². The van der Waals surface area contributed by atoms with Crippen LogP contribution < -0.4 is 10.6 Å². The molecule has 0 aromatic carbocycles. The summed E-state index contributed by atoms with van der Waals surface area (Å²) in [5.74, 6) is -0.409. The van der Waals surface area contributed by atoms with Gasteiger partial charge in [-0.2, -0.15) is 0 Å². The first-order valence-electron chi connectivity index (χ1n) is 7.65. The molecule has 0 aliphatic carbocycles. The van der Waals surface area contributed by atoms with Crippen LogP contribution in [0.4, 0.5) is 11.5 Å². The zero-order valence-electron chi connectivity index (χ0n) is 14.9. The van der Waals surface area contributed by atoms with Crippen molar-refractivity contribution >= 4 is 23.1 Å². The molecule has 14 heavy (non-hydrogen) atoms. The van der Waals surface area contributed by atoms with Gasteiger partial charge in [-0.25, -0.2) is 4.98 Å². The Hall–Kier alpha value is -1.00. The number of hydrogen-bond donors (Lipinski definition) is 1. The maximum absolute atomic E-state index is 7.85. The molecule has 5 heteroatoms. The summed E-state index contributed by atoms with van der Waals surface area (Å²) in [6, 6.07) is 1.04. The number of nitrogens with two attached hydrogens (primary N) is 1. The van der Waals surface area contributed by atoms with Crippen LogP contribution in [0, 0.1) is 0 Å². The number of nitrogens with zero attached hydrogens (tertiary/aromatic N) is 2. The lowest BCUT2D eigenvalue weighted by atomic mass is 10.3. The number of pyridine rings is 1. The summed E-state index contributed by atoms with van der Waals surface area (Å²) in [5, 5.41) is 0.0455. The summed E-state index contributed by atoms with van der Waals surface area (Å²) in [6.07, 6.45) is 1.04. The molecule has 1 aliphatic heterocycles. The van der Waals surface area contributed by atoms with Gasteiger partial charge in [0.1, 0.15) is 5.82 Å². The van der Waals surface area contributed by atoms with E-state index in [1.54, 1.807) is 0 Å². The smallest absolute Gasteiger partial charge is 0.130 e. The summed E-state index contributed by atoms with van der Waals surface area (Å²) in [7, 11) is 0. The first-order chi connectivity index (χ1) is 9.74. The maximum atomic E-state index is 7.85. The highest BCUT2D eigenvalue weighted by Gasteiger charge is 2.12. The van der Waals surface area contributed by atoms with Crippen molar-refractivity contribution in [1.82, 2.24) is 4.98 Å². The second kappa shape index (κ2) is 4.02. The molecule has 0 radical (unpaired) electrons. The molecule has 2 rings (SSSR count). The molecular weight excluding hydrogens is 202 g/mol. The minimum absolute atomic E-state index is 0.0362. The van der Waals surface area contributed by atoms with Gasteiger partial charge < -0.3 is 15.4 Å². The molecule has 4 nitrogen and oxygen atoms in total. The highest BCUT2D eigenvalue weighted by atomic mass is 35.5. The van der Waals surface area contributed by atoms with Crippen LogP contribution in [0.5, 0.6) is 0 Å². The van der Waals surface area contributed by atoms with Crippen molar-refractivity contribution in [3.8, 4) is 0 Å². The van der Waals surface area contributed by atoms with Crippen LogP contribution in [0.1, 0.15) is 11.0 Å². The third-order valence-corrected chi connectivity index (χ3v) is 1.83. The Morgan fingerprint density at radius 2 is 2.29 bits per heavy atom. The van der Waals surface area contributed by atoms with Crippen molar-refractivity contribution in [2.75, 3.05) is 36.7 Å². The van der Waals surface area contributed by atoms with E-state index in [9.17, 15) is 0 Å². The number of ether oxygens (including phenoxy) is 1. The van der Waals surface area contributed by atoms with Crippen LogP contribution in [0.15, 0.2) is 12.3 Å². The van der Waals surface area contributed by atoms with Gasteiger partial charge in [-0.1, -0.05) is 11.6 Å². The van der Waals surface area contributed by atoms with Crippen LogP contribution >= 0.6 is 11.6 Å². The Morgan fingerprint density at radius 3 is 2.93 bits per heavy atom. The highest BCUT2D eigenvalue weighted by Crippen LogP contribution is 2.22. The first kappa shape index (κ1) is 3.87. The number of morpholine rings is 1. The van der Waals surface area contributed by atoms with Crippen LogP contribution in [0.25, 0.3) is 0 Å². The quantitative estimate of drug-likeness (QED) is 0.773. The van der Waals surface area contributed by atoms with Crippen molar-refractivity contribution in [3.63, 3.8) is 0 Å². The number of rotatable bonds is 1. The number of nitrogen functional groups attached to an aromatic ring is 1. The molecule has 0 spiro atoms. The summed E-state index contributed by atoms with van der Waals surface area (Å²) >= 11 is 5.71. The van der Waals surface area contributed by atoms with Crippen molar-refractivity contribution < 1.29 is 15.7 Å². The zero-order chi connectivity index (χ0) is 17.1. The van der Waals surface area contributed by atoms with Crippen LogP contribution in [0.3, 0.4) is 0 Å². The van der Waals surface area contributed by atoms with Gasteiger partial charge in [-0.05, 0) is 0 Å². The molecule has 1 aliphatic rings.